The molecule has 7 heteroatoms. The first-order valence-electron chi connectivity index (χ1n) is 6.59. The smallest absolute Gasteiger partial charge is 0.165 e. The molecular formula is C12H18N5PS. The number of fused-ring (bicyclic) bond motifs is 1. The summed E-state index contributed by atoms with van der Waals surface area (Å²) in [6.45, 7) is 0. The van der Waals surface area contributed by atoms with E-state index < -0.39 is 0 Å². The van der Waals surface area contributed by atoms with Crippen molar-refractivity contribution in [3.63, 3.8) is 0 Å². The van der Waals surface area contributed by atoms with Crippen molar-refractivity contribution in [3.8, 4) is 0 Å². The number of aromatic nitrogens is 4. The molecule has 0 aromatic carbocycles. The first kappa shape index (κ1) is 13.1. The number of anilines is 1. The van der Waals surface area contributed by atoms with Gasteiger partial charge >= 0.3 is 0 Å². The maximum absolute atomic E-state index is 5.83. The van der Waals surface area contributed by atoms with Gasteiger partial charge in [-0.2, -0.15) is 12.2 Å². The highest BCUT2D eigenvalue weighted by Gasteiger charge is 2.27. The highest BCUT2D eigenvalue weighted by molar-refractivity contribution is 8.38. The Kier molecular flexibility index (Phi) is 3.89. The van der Waals surface area contributed by atoms with Crippen molar-refractivity contribution in [1.82, 2.24) is 19.5 Å². The van der Waals surface area contributed by atoms with Gasteiger partial charge in [0.25, 0.3) is 0 Å². The van der Waals surface area contributed by atoms with E-state index in [1.807, 2.05) is 6.33 Å². The SMILES string of the molecule is Nc1ncnc2c1ncn2C1CCC(CCPS)C1. The Morgan fingerprint density at radius 3 is 3.11 bits per heavy atom. The summed E-state index contributed by atoms with van der Waals surface area (Å²) >= 11 is 4.32. The molecule has 0 bridgehead atoms. The first-order valence-corrected chi connectivity index (χ1v) is 9.09. The van der Waals surface area contributed by atoms with Crippen molar-refractivity contribution < 1.29 is 0 Å². The molecule has 1 aliphatic carbocycles. The number of thiol groups is 1. The van der Waals surface area contributed by atoms with E-state index in [1.54, 1.807) is 0 Å². The maximum Gasteiger partial charge on any atom is 0.165 e. The molecule has 1 aliphatic rings. The molecule has 2 heterocycles. The zero-order chi connectivity index (χ0) is 13.2. The van der Waals surface area contributed by atoms with Crippen LogP contribution in [0.25, 0.3) is 11.2 Å². The second kappa shape index (κ2) is 5.63. The minimum Gasteiger partial charge on any atom is -0.382 e. The van der Waals surface area contributed by atoms with Gasteiger partial charge in [-0.3, -0.25) is 0 Å². The van der Waals surface area contributed by atoms with Crippen molar-refractivity contribution in [2.24, 2.45) is 5.92 Å². The molecule has 102 valence electrons. The van der Waals surface area contributed by atoms with Gasteiger partial charge in [0, 0.05) is 6.04 Å². The highest BCUT2D eigenvalue weighted by atomic mass is 32.7. The summed E-state index contributed by atoms with van der Waals surface area (Å²) in [4.78, 5) is 12.7. The van der Waals surface area contributed by atoms with Crippen LogP contribution in [0.2, 0.25) is 0 Å². The molecular weight excluding hydrogens is 277 g/mol. The normalized spacial score (nSPS) is 23.8. The Morgan fingerprint density at radius 2 is 2.26 bits per heavy atom. The predicted molar refractivity (Wildman–Crippen MR) is 82.9 cm³/mol. The van der Waals surface area contributed by atoms with Crippen LogP contribution in [-0.2, 0) is 0 Å². The lowest BCUT2D eigenvalue weighted by atomic mass is 10.1. The van der Waals surface area contributed by atoms with Gasteiger partial charge in [0.05, 0.1) is 6.33 Å². The molecule has 0 radical (unpaired) electrons. The van der Waals surface area contributed by atoms with Crippen LogP contribution in [0.1, 0.15) is 31.7 Å². The molecule has 3 atom stereocenters. The Bertz CT molecular complexity index is 572. The number of nitrogen functional groups attached to an aromatic ring is 1. The first-order chi connectivity index (χ1) is 9.29. The molecule has 2 aromatic rings. The van der Waals surface area contributed by atoms with Gasteiger partial charge in [-0.05, 0) is 37.8 Å². The Labute approximate surface area is 119 Å². The van der Waals surface area contributed by atoms with Gasteiger partial charge in [0.2, 0.25) is 0 Å². The number of rotatable bonds is 4. The van der Waals surface area contributed by atoms with E-state index >= 15 is 0 Å². The van der Waals surface area contributed by atoms with E-state index in [-0.39, 0.29) is 0 Å². The second-order valence-electron chi connectivity index (χ2n) is 5.11. The molecule has 0 saturated heterocycles. The standard InChI is InChI=1S/C12H18N5PS/c13-11-10-12(15-6-14-11)17(7-16-10)9-2-1-8(5-9)3-4-18-19/h6-9,18-19H,1-5H2,(H2,13,14,15). The minimum atomic E-state index is 0.467. The average Bonchev–Trinajstić information content (AvgIpc) is 3.02. The van der Waals surface area contributed by atoms with Crippen LogP contribution in [0.15, 0.2) is 12.7 Å². The topological polar surface area (TPSA) is 69.6 Å². The molecule has 2 aromatic heterocycles. The summed E-state index contributed by atoms with van der Waals surface area (Å²) in [6, 6.07) is 0.507. The van der Waals surface area contributed by atoms with Gasteiger partial charge in [-0.1, -0.05) is 7.78 Å². The van der Waals surface area contributed by atoms with Crippen LogP contribution in [0.3, 0.4) is 0 Å². The largest absolute Gasteiger partial charge is 0.382 e. The zero-order valence-electron chi connectivity index (χ0n) is 10.7. The van der Waals surface area contributed by atoms with Crippen molar-refractivity contribution >= 4 is 37.0 Å². The number of nitrogens with two attached hydrogens (primary N) is 1. The fourth-order valence-electron chi connectivity index (χ4n) is 2.97. The third kappa shape index (κ3) is 2.56. The third-order valence-corrected chi connectivity index (χ3v) is 5.14. The summed E-state index contributed by atoms with van der Waals surface area (Å²) < 4.78 is 2.18. The van der Waals surface area contributed by atoms with E-state index in [1.165, 1.54) is 38.2 Å². The van der Waals surface area contributed by atoms with Crippen molar-refractivity contribution in [1.29, 1.82) is 0 Å². The molecule has 0 aliphatic heterocycles. The Hall–Kier alpha value is -0.870. The molecule has 0 amide bonds. The van der Waals surface area contributed by atoms with Crippen molar-refractivity contribution in [2.75, 3.05) is 11.9 Å². The van der Waals surface area contributed by atoms with Crippen LogP contribution < -0.4 is 5.73 Å². The third-order valence-electron chi connectivity index (χ3n) is 3.96. The summed E-state index contributed by atoms with van der Waals surface area (Å²) in [7, 11) is 0.770. The monoisotopic (exact) mass is 295 g/mol. The molecule has 19 heavy (non-hydrogen) atoms. The molecule has 3 rings (SSSR count). The van der Waals surface area contributed by atoms with E-state index in [4.69, 9.17) is 5.73 Å². The number of imidazole rings is 1. The minimum absolute atomic E-state index is 0.467. The lowest BCUT2D eigenvalue weighted by Gasteiger charge is -2.13. The molecule has 5 nitrogen and oxygen atoms in total. The van der Waals surface area contributed by atoms with E-state index in [9.17, 15) is 0 Å². The summed E-state index contributed by atoms with van der Waals surface area (Å²) in [5.41, 5.74) is 7.42. The molecule has 0 spiro atoms. The quantitative estimate of drug-likeness (QED) is 0.672. The van der Waals surface area contributed by atoms with Crippen LogP contribution in [-0.4, -0.2) is 25.7 Å². The summed E-state index contributed by atoms with van der Waals surface area (Å²) in [5, 5.41) is 0. The number of hydrogen-bond donors (Lipinski definition) is 2. The fourth-order valence-corrected chi connectivity index (χ4v) is 3.89. The van der Waals surface area contributed by atoms with Gasteiger partial charge in [-0.15, -0.1) is 0 Å². The second-order valence-corrected chi connectivity index (χ2v) is 6.88. The molecule has 2 N–H and O–H groups in total. The van der Waals surface area contributed by atoms with Gasteiger partial charge < -0.3 is 10.3 Å². The molecule has 1 saturated carbocycles. The lowest BCUT2D eigenvalue weighted by molar-refractivity contribution is 0.475. The Balaban J connectivity index is 1.80. The maximum atomic E-state index is 5.83. The summed E-state index contributed by atoms with van der Waals surface area (Å²) in [6.07, 6.45) is 9.63. The molecule has 1 fully saturated rings. The van der Waals surface area contributed by atoms with Crippen LogP contribution >= 0.6 is 20.0 Å². The number of hydrogen-bond acceptors (Lipinski definition) is 5. The van der Waals surface area contributed by atoms with Gasteiger partial charge in [-0.25, -0.2) is 15.0 Å². The van der Waals surface area contributed by atoms with Gasteiger partial charge in [0.15, 0.2) is 11.5 Å². The Morgan fingerprint density at radius 1 is 1.37 bits per heavy atom. The molecule has 3 unspecified atom stereocenters. The van der Waals surface area contributed by atoms with E-state index in [0.717, 1.165) is 24.9 Å². The van der Waals surface area contributed by atoms with Crippen LogP contribution in [0.4, 0.5) is 5.82 Å². The number of nitrogens with zero attached hydrogens (tertiary/aromatic N) is 4. The van der Waals surface area contributed by atoms with Crippen LogP contribution in [0, 0.1) is 5.92 Å². The van der Waals surface area contributed by atoms with E-state index in [2.05, 4.69) is 31.8 Å². The summed E-state index contributed by atoms with van der Waals surface area (Å²) in [5.74, 6) is 1.29. The van der Waals surface area contributed by atoms with Crippen LogP contribution in [0.5, 0.6) is 0 Å². The highest BCUT2D eigenvalue weighted by Crippen LogP contribution is 2.39. The average molecular weight is 295 g/mol. The fraction of sp³-hybridized carbons (Fsp3) is 0.583. The van der Waals surface area contributed by atoms with Crippen molar-refractivity contribution in [2.45, 2.75) is 31.7 Å². The lowest BCUT2D eigenvalue weighted by Crippen LogP contribution is -2.06. The van der Waals surface area contributed by atoms with Gasteiger partial charge in [0.1, 0.15) is 11.8 Å². The zero-order valence-corrected chi connectivity index (χ0v) is 12.6. The van der Waals surface area contributed by atoms with E-state index in [0.29, 0.717) is 11.9 Å². The predicted octanol–water partition coefficient (Wildman–Crippen LogP) is 2.66. The van der Waals surface area contributed by atoms with Crippen molar-refractivity contribution in [3.05, 3.63) is 12.7 Å².